The van der Waals surface area contributed by atoms with Crippen LogP contribution in [0.1, 0.15) is 42.6 Å². The maximum absolute atomic E-state index is 12.0. The van der Waals surface area contributed by atoms with Crippen LogP contribution >= 0.6 is 15.9 Å². The van der Waals surface area contributed by atoms with Crippen LogP contribution in [0, 0.1) is 0 Å². The van der Waals surface area contributed by atoms with Crippen molar-refractivity contribution in [3.8, 4) is 5.75 Å². The highest BCUT2D eigenvalue weighted by Crippen LogP contribution is 2.32. The molecule has 0 aliphatic carbocycles. The van der Waals surface area contributed by atoms with Gasteiger partial charge in [0, 0.05) is 4.47 Å². The van der Waals surface area contributed by atoms with E-state index in [4.69, 9.17) is 9.47 Å². The van der Waals surface area contributed by atoms with E-state index in [1.54, 1.807) is 19.1 Å². The van der Waals surface area contributed by atoms with E-state index in [9.17, 15) is 9.59 Å². The summed E-state index contributed by atoms with van der Waals surface area (Å²) in [5.74, 6) is -0.917. The van der Waals surface area contributed by atoms with Crippen LogP contribution in [0.25, 0.3) is 0 Å². The predicted octanol–water partition coefficient (Wildman–Crippen LogP) is 3.33. The molecule has 0 spiro atoms. The zero-order chi connectivity index (χ0) is 14.6. The van der Waals surface area contributed by atoms with Crippen molar-refractivity contribution in [3.05, 3.63) is 27.7 Å². The quantitative estimate of drug-likeness (QED) is 0.472. The second-order valence-electron chi connectivity index (χ2n) is 4.28. The number of hydrogen-bond acceptors (Lipinski definition) is 4. The summed E-state index contributed by atoms with van der Waals surface area (Å²) < 4.78 is 10.7. The molecule has 0 aliphatic heterocycles. The molecule has 0 radical (unpaired) electrons. The summed E-state index contributed by atoms with van der Waals surface area (Å²) in [6, 6.07) is 3.37. The van der Waals surface area contributed by atoms with Crippen LogP contribution in [-0.2, 0) is 9.53 Å². The van der Waals surface area contributed by atoms with Crippen LogP contribution < -0.4 is 4.74 Å². The lowest BCUT2D eigenvalue weighted by Gasteiger charge is -2.14. The maximum Gasteiger partial charge on any atom is 0.379 e. The number of ketones is 1. The van der Waals surface area contributed by atoms with Crippen LogP contribution in [0.4, 0.5) is 0 Å². The number of methoxy groups -OCH3 is 1. The smallest absolute Gasteiger partial charge is 0.379 e. The van der Waals surface area contributed by atoms with Gasteiger partial charge in [0.05, 0.1) is 19.3 Å². The first kappa shape index (κ1) is 15.7. The minimum absolute atomic E-state index is 0.165. The van der Waals surface area contributed by atoms with Crippen molar-refractivity contribution >= 4 is 27.7 Å². The zero-order valence-electron chi connectivity index (χ0n) is 11.5. The first-order chi connectivity index (χ1) is 8.92. The predicted molar refractivity (Wildman–Crippen MR) is 75.7 cm³/mol. The topological polar surface area (TPSA) is 52.6 Å². The number of esters is 1. The fourth-order valence-corrected chi connectivity index (χ4v) is 2.47. The van der Waals surface area contributed by atoms with E-state index in [0.29, 0.717) is 5.75 Å². The average Bonchev–Trinajstić information content (AvgIpc) is 2.37. The van der Waals surface area contributed by atoms with Crippen LogP contribution in [0.15, 0.2) is 16.6 Å². The molecule has 1 aromatic carbocycles. The third kappa shape index (κ3) is 3.56. The summed E-state index contributed by atoms with van der Waals surface area (Å²) in [7, 11) is 1.47. The summed E-state index contributed by atoms with van der Waals surface area (Å²) in [6.07, 6.45) is 0. The second-order valence-corrected chi connectivity index (χ2v) is 5.13. The van der Waals surface area contributed by atoms with Crippen molar-refractivity contribution in [2.24, 2.45) is 0 Å². The SMILES string of the molecule is CCOC(=O)C(=O)c1cc(Br)c(C(C)C)cc1OC. The largest absolute Gasteiger partial charge is 0.496 e. The Kier molecular flexibility index (Phi) is 5.54. The molecule has 0 amide bonds. The van der Waals surface area contributed by atoms with Gasteiger partial charge in [-0.1, -0.05) is 29.8 Å². The standard InChI is InChI=1S/C14H17BrO4/c1-5-19-14(17)13(16)10-6-11(15)9(8(2)3)7-12(10)18-4/h6-8H,5H2,1-4H3. The third-order valence-corrected chi connectivity index (χ3v) is 3.33. The number of halogens is 1. The monoisotopic (exact) mass is 328 g/mol. The Bertz CT molecular complexity index is 494. The molecule has 1 aromatic rings. The number of Topliss-reactive ketones (excluding diaryl/α,β-unsaturated/α-hetero) is 1. The van der Waals surface area contributed by atoms with E-state index in [-0.39, 0.29) is 18.1 Å². The van der Waals surface area contributed by atoms with Crippen LogP contribution in [-0.4, -0.2) is 25.5 Å². The molecule has 0 atom stereocenters. The third-order valence-electron chi connectivity index (χ3n) is 2.65. The minimum Gasteiger partial charge on any atom is -0.496 e. The average molecular weight is 329 g/mol. The Hall–Kier alpha value is -1.36. The fraction of sp³-hybridized carbons (Fsp3) is 0.429. The van der Waals surface area contributed by atoms with Crippen LogP contribution in [0.3, 0.4) is 0 Å². The van der Waals surface area contributed by atoms with Crippen molar-refractivity contribution in [3.63, 3.8) is 0 Å². The van der Waals surface area contributed by atoms with Gasteiger partial charge >= 0.3 is 5.97 Å². The molecule has 0 saturated heterocycles. The number of carbonyl (C=O) groups excluding carboxylic acids is 2. The first-order valence-corrected chi connectivity index (χ1v) is 6.80. The van der Waals surface area contributed by atoms with E-state index >= 15 is 0 Å². The van der Waals surface area contributed by atoms with Gasteiger partial charge in [-0.15, -0.1) is 0 Å². The molecule has 1 rings (SSSR count). The van der Waals surface area contributed by atoms with E-state index in [2.05, 4.69) is 15.9 Å². The zero-order valence-corrected chi connectivity index (χ0v) is 13.0. The van der Waals surface area contributed by atoms with Gasteiger partial charge < -0.3 is 9.47 Å². The van der Waals surface area contributed by atoms with Gasteiger partial charge in [0.1, 0.15) is 5.75 Å². The van der Waals surface area contributed by atoms with Gasteiger partial charge in [0.2, 0.25) is 0 Å². The minimum atomic E-state index is -0.870. The summed E-state index contributed by atoms with van der Waals surface area (Å²) in [6.45, 7) is 5.89. The highest BCUT2D eigenvalue weighted by Gasteiger charge is 2.23. The molecule has 0 unspecified atom stereocenters. The van der Waals surface area contributed by atoms with Gasteiger partial charge in [0.25, 0.3) is 5.78 Å². The highest BCUT2D eigenvalue weighted by molar-refractivity contribution is 9.10. The summed E-state index contributed by atoms with van der Waals surface area (Å²) in [5.41, 5.74) is 1.22. The van der Waals surface area contributed by atoms with Crippen molar-refractivity contribution < 1.29 is 19.1 Å². The molecule has 0 saturated carbocycles. The lowest BCUT2D eigenvalue weighted by atomic mass is 9.99. The number of ether oxygens (including phenoxy) is 2. The Morgan fingerprint density at radius 2 is 1.95 bits per heavy atom. The lowest BCUT2D eigenvalue weighted by Crippen LogP contribution is -2.18. The van der Waals surface area contributed by atoms with E-state index in [0.717, 1.165) is 10.0 Å². The molecule has 0 heterocycles. The Morgan fingerprint density at radius 1 is 1.32 bits per heavy atom. The van der Waals surface area contributed by atoms with Gasteiger partial charge in [0.15, 0.2) is 0 Å². The van der Waals surface area contributed by atoms with E-state index in [1.165, 1.54) is 7.11 Å². The molecule has 104 valence electrons. The number of carbonyl (C=O) groups is 2. The molecular formula is C14H17BrO4. The van der Waals surface area contributed by atoms with Crippen molar-refractivity contribution in [2.75, 3.05) is 13.7 Å². The van der Waals surface area contributed by atoms with Crippen LogP contribution in [0.5, 0.6) is 5.75 Å². The van der Waals surface area contributed by atoms with Gasteiger partial charge in [-0.25, -0.2) is 4.79 Å². The van der Waals surface area contributed by atoms with Gasteiger partial charge in [-0.3, -0.25) is 4.79 Å². The number of benzene rings is 1. The normalized spacial score (nSPS) is 10.4. The molecule has 0 aliphatic rings. The van der Waals surface area contributed by atoms with Crippen molar-refractivity contribution in [1.29, 1.82) is 0 Å². The van der Waals surface area contributed by atoms with E-state index < -0.39 is 11.8 Å². The van der Waals surface area contributed by atoms with Crippen molar-refractivity contribution in [1.82, 2.24) is 0 Å². The molecule has 0 fully saturated rings. The summed E-state index contributed by atoms with van der Waals surface area (Å²) in [5, 5.41) is 0. The molecule has 19 heavy (non-hydrogen) atoms. The Labute approximate surface area is 121 Å². The molecule has 0 N–H and O–H groups in total. The molecule has 5 heteroatoms. The number of rotatable bonds is 5. The molecular weight excluding hydrogens is 312 g/mol. The Balaban J connectivity index is 3.25. The van der Waals surface area contributed by atoms with E-state index in [1.807, 2.05) is 13.8 Å². The molecule has 0 aromatic heterocycles. The summed E-state index contributed by atoms with van der Waals surface area (Å²) in [4.78, 5) is 23.5. The maximum atomic E-state index is 12.0. The Morgan fingerprint density at radius 3 is 2.42 bits per heavy atom. The number of hydrogen-bond donors (Lipinski definition) is 0. The van der Waals surface area contributed by atoms with Crippen molar-refractivity contribution in [2.45, 2.75) is 26.7 Å². The second kappa shape index (κ2) is 6.70. The van der Waals surface area contributed by atoms with Crippen LogP contribution in [0.2, 0.25) is 0 Å². The first-order valence-electron chi connectivity index (χ1n) is 6.01. The summed E-state index contributed by atoms with van der Waals surface area (Å²) >= 11 is 3.41. The fourth-order valence-electron chi connectivity index (χ4n) is 1.66. The van der Waals surface area contributed by atoms with Gasteiger partial charge in [-0.05, 0) is 30.5 Å². The molecule has 4 nitrogen and oxygen atoms in total. The molecule has 0 bridgehead atoms. The highest BCUT2D eigenvalue weighted by atomic mass is 79.9. The van der Waals surface area contributed by atoms with Gasteiger partial charge in [-0.2, -0.15) is 0 Å². The lowest BCUT2D eigenvalue weighted by molar-refractivity contribution is -0.137.